The van der Waals surface area contributed by atoms with E-state index in [-0.39, 0.29) is 5.78 Å². The summed E-state index contributed by atoms with van der Waals surface area (Å²) in [5.74, 6) is 5.42. The summed E-state index contributed by atoms with van der Waals surface area (Å²) in [6.07, 6.45) is 2.85. The second-order valence-electron chi connectivity index (χ2n) is 4.48. The van der Waals surface area contributed by atoms with Gasteiger partial charge in [-0.05, 0) is 18.4 Å². The highest BCUT2D eigenvalue weighted by molar-refractivity contribution is 6.37. The lowest BCUT2D eigenvalue weighted by Crippen LogP contribution is -1.96. The molecule has 0 aliphatic carbocycles. The van der Waals surface area contributed by atoms with Gasteiger partial charge in [0, 0.05) is 24.4 Å². The molecule has 2 aromatic rings. The number of halogens is 1. The summed E-state index contributed by atoms with van der Waals surface area (Å²) < 4.78 is 1.82. The number of nitrogens with zero attached hydrogens (tertiary/aromatic N) is 1. The molecule has 0 amide bonds. The summed E-state index contributed by atoms with van der Waals surface area (Å²) >= 11 is 6.25. The number of hydrogen-bond donors (Lipinski definition) is 0. The van der Waals surface area contributed by atoms with Crippen molar-refractivity contribution in [3.8, 4) is 11.8 Å². The smallest absolute Gasteiger partial charge is 0.239 e. The van der Waals surface area contributed by atoms with E-state index in [1.165, 1.54) is 0 Å². The van der Waals surface area contributed by atoms with Gasteiger partial charge in [0.1, 0.15) is 5.15 Å². The number of carbonyl (C=O) groups excluding carboxylic acids is 1. The Balaban J connectivity index is 2.41. The first-order valence-corrected chi connectivity index (χ1v) is 6.80. The van der Waals surface area contributed by atoms with E-state index in [0.29, 0.717) is 10.7 Å². The first-order valence-electron chi connectivity index (χ1n) is 6.43. The molecule has 0 radical (unpaired) electrons. The number of benzene rings is 1. The van der Waals surface area contributed by atoms with Gasteiger partial charge in [0.05, 0.1) is 5.56 Å². The fourth-order valence-electron chi connectivity index (χ4n) is 2.05. The molecule has 98 valence electrons. The number of fused-ring (bicyclic) bond motifs is 1. The van der Waals surface area contributed by atoms with E-state index >= 15 is 0 Å². The van der Waals surface area contributed by atoms with E-state index in [1.807, 2.05) is 35.9 Å². The number of para-hydroxylation sites is 1. The maximum absolute atomic E-state index is 12.2. The Hall–Kier alpha value is -1.72. The summed E-state index contributed by atoms with van der Waals surface area (Å²) in [6, 6.07) is 7.68. The van der Waals surface area contributed by atoms with Gasteiger partial charge >= 0.3 is 0 Å². The van der Waals surface area contributed by atoms with Gasteiger partial charge in [-0.15, -0.1) is 0 Å². The van der Waals surface area contributed by atoms with Gasteiger partial charge < -0.3 is 4.57 Å². The Kier molecular flexibility index (Phi) is 4.29. The molecule has 2 nitrogen and oxygen atoms in total. The predicted molar refractivity (Wildman–Crippen MR) is 79.6 cm³/mol. The van der Waals surface area contributed by atoms with Gasteiger partial charge in [0.15, 0.2) is 0 Å². The third-order valence-corrected chi connectivity index (χ3v) is 3.56. The molecule has 0 atom stereocenters. The molecule has 0 spiro atoms. The molecule has 0 N–H and O–H groups in total. The number of aryl methyl sites for hydroxylation is 1. The topological polar surface area (TPSA) is 22.0 Å². The Bertz CT molecular complexity index is 673. The first-order chi connectivity index (χ1) is 9.16. The van der Waals surface area contributed by atoms with Crippen LogP contribution in [0.4, 0.5) is 0 Å². The highest BCUT2D eigenvalue weighted by atomic mass is 35.5. The van der Waals surface area contributed by atoms with Crippen LogP contribution in [0.15, 0.2) is 24.3 Å². The van der Waals surface area contributed by atoms with Gasteiger partial charge in [-0.25, -0.2) is 0 Å². The third kappa shape index (κ3) is 2.67. The van der Waals surface area contributed by atoms with Crippen LogP contribution in [0, 0.1) is 11.8 Å². The van der Waals surface area contributed by atoms with Crippen molar-refractivity contribution in [3.63, 3.8) is 0 Å². The molecule has 0 unspecified atom stereocenters. The van der Waals surface area contributed by atoms with E-state index in [9.17, 15) is 4.79 Å². The van der Waals surface area contributed by atoms with Crippen LogP contribution in [-0.2, 0) is 7.05 Å². The molecule has 1 aromatic heterocycles. The second-order valence-corrected chi connectivity index (χ2v) is 4.83. The average Bonchev–Trinajstić information content (AvgIpc) is 2.68. The van der Waals surface area contributed by atoms with Gasteiger partial charge in [-0.1, -0.05) is 49.1 Å². The number of hydrogen-bond acceptors (Lipinski definition) is 1. The van der Waals surface area contributed by atoms with Crippen molar-refractivity contribution >= 4 is 28.3 Å². The lowest BCUT2D eigenvalue weighted by Gasteiger charge is -1.95. The Morgan fingerprint density at radius 2 is 2.11 bits per heavy atom. The van der Waals surface area contributed by atoms with E-state index in [2.05, 4.69) is 18.8 Å². The monoisotopic (exact) mass is 273 g/mol. The van der Waals surface area contributed by atoms with Crippen LogP contribution in [0.2, 0.25) is 5.15 Å². The minimum atomic E-state index is -0.196. The van der Waals surface area contributed by atoms with Crippen molar-refractivity contribution in [2.24, 2.45) is 7.05 Å². The number of unbranched alkanes of at least 4 members (excludes halogenated alkanes) is 2. The van der Waals surface area contributed by atoms with Crippen molar-refractivity contribution in [1.82, 2.24) is 4.57 Å². The number of carbonyl (C=O) groups is 1. The standard InChI is InChI=1S/C16H16ClNO/c1-3-4-5-6-11-14(19)15-12-9-7-8-10-13(12)18(2)16(15)17/h7-10H,3-5H2,1-2H3. The van der Waals surface area contributed by atoms with Gasteiger partial charge in [-0.3, -0.25) is 4.79 Å². The zero-order valence-corrected chi connectivity index (χ0v) is 11.9. The highest BCUT2D eigenvalue weighted by Gasteiger charge is 2.17. The number of aromatic nitrogens is 1. The van der Waals surface area contributed by atoms with Crippen molar-refractivity contribution in [3.05, 3.63) is 35.0 Å². The zero-order chi connectivity index (χ0) is 13.8. The molecule has 0 aliphatic heterocycles. The summed E-state index contributed by atoms with van der Waals surface area (Å²) in [6.45, 7) is 2.10. The van der Waals surface area contributed by atoms with E-state index in [0.717, 1.165) is 30.2 Å². The lowest BCUT2D eigenvalue weighted by molar-refractivity contribution is 0.105. The molecule has 0 saturated heterocycles. The number of rotatable bonds is 3. The van der Waals surface area contributed by atoms with Crippen LogP contribution in [-0.4, -0.2) is 10.4 Å². The Labute approximate surface area is 118 Å². The van der Waals surface area contributed by atoms with E-state index in [1.54, 1.807) is 0 Å². The van der Waals surface area contributed by atoms with Gasteiger partial charge in [0.2, 0.25) is 5.78 Å². The molecule has 0 fully saturated rings. The number of ketones is 1. The minimum Gasteiger partial charge on any atom is -0.334 e. The van der Waals surface area contributed by atoms with Crippen LogP contribution >= 0.6 is 11.6 Å². The predicted octanol–water partition coefficient (Wildman–Crippen LogP) is 4.21. The second kappa shape index (κ2) is 5.95. The van der Waals surface area contributed by atoms with Crippen LogP contribution in [0.25, 0.3) is 10.9 Å². The van der Waals surface area contributed by atoms with Crippen LogP contribution in [0.1, 0.15) is 36.5 Å². The fourth-order valence-corrected chi connectivity index (χ4v) is 2.33. The SMILES string of the molecule is CCCCC#CC(=O)c1c(Cl)n(C)c2ccccc12. The van der Waals surface area contributed by atoms with Gasteiger partial charge in [-0.2, -0.15) is 0 Å². The van der Waals surface area contributed by atoms with Crippen LogP contribution in [0.5, 0.6) is 0 Å². The molecule has 19 heavy (non-hydrogen) atoms. The normalized spacial score (nSPS) is 10.3. The maximum Gasteiger partial charge on any atom is 0.239 e. The molecule has 1 heterocycles. The zero-order valence-electron chi connectivity index (χ0n) is 11.2. The van der Waals surface area contributed by atoms with E-state index < -0.39 is 0 Å². The fraction of sp³-hybridized carbons (Fsp3) is 0.312. The lowest BCUT2D eigenvalue weighted by atomic mass is 10.1. The van der Waals surface area contributed by atoms with Crippen molar-refractivity contribution in [1.29, 1.82) is 0 Å². The summed E-state index contributed by atoms with van der Waals surface area (Å²) in [7, 11) is 1.85. The van der Waals surface area contributed by atoms with Crippen LogP contribution < -0.4 is 0 Å². The van der Waals surface area contributed by atoms with E-state index in [4.69, 9.17) is 11.6 Å². The summed E-state index contributed by atoms with van der Waals surface area (Å²) in [5, 5.41) is 1.32. The molecular weight excluding hydrogens is 258 g/mol. The molecule has 1 aromatic carbocycles. The Morgan fingerprint density at radius 1 is 1.37 bits per heavy atom. The van der Waals surface area contributed by atoms with Crippen molar-refractivity contribution in [2.75, 3.05) is 0 Å². The van der Waals surface area contributed by atoms with Gasteiger partial charge in [0.25, 0.3) is 0 Å². The minimum absolute atomic E-state index is 0.196. The molecule has 0 saturated carbocycles. The Morgan fingerprint density at radius 3 is 2.84 bits per heavy atom. The maximum atomic E-state index is 12.2. The molecular formula is C16H16ClNO. The van der Waals surface area contributed by atoms with Crippen molar-refractivity contribution in [2.45, 2.75) is 26.2 Å². The van der Waals surface area contributed by atoms with Crippen LogP contribution in [0.3, 0.4) is 0 Å². The quantitative estimate of drug-likeness (QED) is 0.355. The third-order valence-electron chi connectivity index (χ3n) is 3.12. The number of Topliss-reactive ketones (excluding diaryl/α,β-unsaturated/α-hetero) is 1. The molecule has 3 heteroatoms. The molecule has 0 bridgehead atoms. The first kappa shape index (κ1) is 13.7. The highest BCUT2D eigenvalue weighted by Crippen LogP contribution is 2.29. The van der Waals surface area contributed by atoms with Crippen molar-refractivity contribution < 1.29 is 4.79 Å². The largest absolute Gasteiger partial charge is 0.334 e. The summed E-state index contributed by atoms with van der Waals surface area (Å²) in [4.78, 5) is 12.2. The molecule has 0 aliphatic rings. The average molecular weight is 274 g/mol. The summed E-state index contributed by atoms with van der Waals surface area (Å²) in [5.41, 5.74) is 1.47. The molecule has 2 rings (SSSR count).